The molecule has 0 unspecified atom stereocenters. The van der Waals surface area contributed by atoms with E-state index in [1.807, 2.05) is 53.4 Å². The third-order valence-corrected chi connectivity index (χ3v) is 6.07. The van der Waals surface area contributed by atoms with Gasteiger partial charge in [-0.2, -0.15) is 0 Å². The molecular formula is C27H24N4O3. The number of carbonyl (C=O) groups excluding carboxylic acids is 2. The Morgan fingerprint density at radius 2 is 1.62 bits per heavy atom. The highest BCUT2D eigenvalue weighted by atomic mass is 16.5. The second-order valence-corrected chi connectivity index (χ2v) is 8.13. The van der Waals surface area contributed by atoms with E-state index in [-0.39, 0.29) is 11.8 Å². The number of para-hydroxylation sites is 1. The van der Waals surface area contributed by atoms with E-state index in [1.54, 1.807) is 42.6 Å². The molecule has 0 saturated carbocycles. The second kappa shape index (κ2) is 9.31. The maximum atomic E-state index is 13.6. The number of piperazine rings is 1. The number of amides is 2. The molecule has 2 aromatic carbocycles. The highest BCUT2D eigenvalue weighted by Crippen LogP contribution is 2.26. The van der Waals surface area contributed by atoms with Crippen LogP contribution >= 0.6 is 0 Å². The number of carbonyl (C=O) groups is 2. The van der Waals surface area contributed by atoms with Crippen molar-refractivity contribution in [2.75, 3.05) is 33.3 Å². The van der Waals surface area contributed by atoms with Crippen LogP contribution in [0.15, 0.2) is 79.1 Å². The average Bonchev–Trinajstić information content (AvgIpc) is 2.92. The lowest BCUT2D eigenvalue weighted by atomic mass is 10.0. The van der Waals surface area contributed by atoms with Crippen LogP contribution in [0, 0.1) is 0 Å². The molecule has 0 spiro atoms. The van der Waals surface area contributed by atoms with Gasteiger partial charge >= 0.3 is 0 Å². The van der Waals surface area contributed by atoms with Crippen molar-refractivity contribution in [2.24, 2.45) is 0 Å². The van der Waals surface area contributed by atoms with E-state index in [9.17, 15) is 9.59 Å². The van der Waals surface area contributed by atoms with Crippen LogP contribution in [-0.4, -0.2) is 64.9 Å². The molecule has 4 aromatic rings. The van der Waals surface area contributed by atoms with Crippen molar-refractivity contribution in [3.8, 4) is 17.0 Å². The van der Waals surface area contributed by atoms with Crippen LogP contribution in [0.3, 0.4) is 0 Å². The molecule has 34 heavy (non-hydrogen) atoms. The zero-order valence-corrected chi connectivity index (χ0v) is 18.8. The fourth-order valence-corrected chi connectivity index (χ4v) is 4.24. The van der Waals surface area contributed by atoms with Crippen LogP contribution in [0.4, 0.5) is 0 Å². The zero-order chi connectivity index (χ0) is 23.5. The van der Waals surface area contributed by atoms with Gasteiger partial charge in [-0.05, 0) is 42.5 Å². The molecule has 2 amide bonds. The highest BCUT2D eigenvalue weighted by molar-refractivity contribution is 6.07. The first-order valence-corrected chi connectivity index (χ1v) is 11.2. The summed E-state index contributed by atoms with van der Waals surface area (Å²) < 4.78 is 5.23. The number of nitrogens with zero attached hydrogens (tertiary/aromatic N) is 4. The van der Waals surface area contributed by atoms with E-state index in [2.05, 4.69) is 4.98 Å². The molecule has 170 valence electrons. The largest absolute Gasteiger partial charge is 0.497 e. The van der Waals surface area contributed by atoms with Gasteiger partial charge in [0.2, 0.25) is 0 Å². The predicted molar refractivity (Wildman–Crippen MR) is 130 cm³/mol. The fraction of sp³-hybridized carbons (Fsp3) is 0.185. The molecule has 3 heterocycles. The summed E-state index contributed by atoms with van der Waals surface area (Å²) in [5, 5.41) is 0.815. The maximum absolute atomic E-state index is 13.6. The van der Waals surface area contributed by atoms with E-state index >= 15 is 0 Å². The predicted octanol–water partition coefficient (Wildman–Crippen LogP) is 3.90. The summed E-state index contributed by atoms with van der Waals surface area (Å²) in [6.45, 7) is 1.88. The van der Waals surface area contributed by atoms with Crippen molar-refractivity contribution in [3.63, 3.8) is 0 Å². The summed E-state index contributed by atoms with van der Waals surface area (Å²) in [7, 11) is 1.58. The van der Waals surface area contributed by atoms with Crippen LogP contribution in [0.2, 0.25) is 0 Å². The Morgan fingerprint density at radius 1 is 0.853 bits per heavy atom. The van der Waals surface area contributed by atoms with Crippen LogP contribution in [0.25, 0.3) is 22.2 Å². The van der Waals surface area contributed by atoms with Gasteiger partial charge in [-0.25, -0.2) is 4.98 Å². The standard InChI is InChI=1S/C27H24N4O3/c1-34-21-8-4-6-19(16-21)26(32)30-12-14-31(15-13-30)27(33)23-17-25(20-7-5-11-28-18-20)29-24-10-3-2-9-22(23)24/h2-11,16-18H,12-15H2,1H3. The number of ether oxygens (including phenoxy) is 1. The normalized spacial score (nSPS) is 13.7. The van der Waals surface area contributed by atoms with Gasteiger partial charge < -0.3 is 14.5 Å². The molecule has 0 bridgehead atoms. The van der Waals surface area contributed by atoms with E-state index in [1.165, 1.54) is 0 Å². The number of rotatable bonds is 4. The minimum absolute atomic E-state index is 0.0563. The molecule has 1 aliphatic heterocycles. The lowest BCUT2D eigenvalue weighted by Crippen LogP contribution is -2.50. The summed E-state index contributed by atoms with van der Waals surface area (Å²) in [5.74, 6) is 0.532. The van der Waals surface area contributed by atoms with Gasteiger partial charge in [0.25, 0.3) is 11.8 Å². The summed E-state index contributed by atoms with van der Waals surface area (Å²) in [6, 6.07) is 20.4. The lowest BCUT2D eigenvalue weighted by Gasteiger charge is -2.35. The van der Waals surface area contributed by atoms with Gasteiger partial charge in [0.15, 0.2) is 0 Å². The van der Waals surface area contributed by atoms with E-state index in [0.29, 0.717) is 48.7 Å². The SMILES string of the molecule is COc1cccc(C(=O)N2CCN(C(=O)c3cc(-c4cccnc4)nc4ccccc34)CC2)c1. The number of pyridine rings is 2. The van der Waals surface area contributed by atoms with Gasteiger partial charge in [-0.15, -0.1) is 0 Å². The maximum Gasteiger partial charge on any atom is 0.254 e. The Labute approximate surface area is 197 Å². The van der Waals surface area contributed by atoms with Crippen LogP contribution < -0.4 is 4.74 Å². The zero-order valence-electron chi connectivity index (χ0n) is 18.8. The molecule has 5 rings (SSSR count). The molecule has 2 aromatic heterocycles. The summed E-state index contributed by atoms with van der Waals surface area (Å²) in [4.78, 5) is 39.1. The van der Waals surface area contributed by atoms with Gasteiger partial charge in [0.05, 0.1) is 23.9 Å². The minimum atomic E-state index is -0.0581. The first-order valence-electron chi connectivity index (χ1n) is 11.2. The Balaban J connectivity index is 1.37. The molecule has 1 aliphatic rings. The first-order chi connectivity index (χ1) is 16.6. The van der Waals surface area contributed by atoms with E-state index in [4.69, 9.17) is 9.72 Å². The topological polar surface area (TPSA) is 75.6 Å². The van der Waals surface area contributed by atoms with Crippen LogP contribution in [0.5, 0.6) is 5.75 Å². The quantitative estimate of drug-likeness (QED) is 0.469. The van der Waals surface area contributed by atoms with Crippen LogP contribution in [-0.2, 0) is 0 Å². The number of hydrogen-bond donors (Lipinski definition) is 0. The summed E-state index contributed by atoms with van der Waals surface area (Å²) in [5.41, 5.74) is 3.52. The number of methoxy groups -OCH3 is 1. The number of benzene rings is 2. The smallest absolute Gasteiger partial charge is 0.254 e. The Hall–Kier alpha value is -4.26. The van der Waals surface area contributed by atoms with Crippen LogP contribution in [0.1, 0.15) is 20.7 Å². The molecule has 1 fully saturated rings. The van der Waals surface area contributed by atoms with E-state index < -0.39 is 0 Å². The molecule has 7 nitrogen and oxygen atoms in total. The van der Waals surface area contributed by atoms with Gasteiger partial charge in [0.1, 0.15) is 5.75 Å². The van der Waals surface area contributed by atoms with Crippen molar-refractivity contribution >= 4 is 22.7 Å². The first kappa shape index (κ1) is 21.6. The van der Waals surface area contributed by atoms with E-state index in [0.717, 1.165) is 16.5 Å². The Morgan fingerprint density at radius 3 is 2.35 bits per heavy atom. The molecule has 0 N–H and O–H groups in total. The van der Waals surface area contributed by atoms with Crippen molar-refractivity contribution in [1.29, 1.82) is 0 Å². The lowest BCUT2D eigenvalue weighted by molar-refractivity contribution is 0.0536. The second-order valence-electron chi connectivity index (χ2n) is 8.13. The minimum Gasteiger partial charge on any atom is -0.497 e. The van der Waals surface area contributed by atoms with Gasteiger partial charge in [-0.3, -0.25) is 14.6 Å². The molecule has 0 radical (unpaired) electrons. The number of fused-ring (bicyclic) bond motifs is 1. The van der Waals surface area contributed by atoms with Crippen molar-refractivity contribution < 1.29 is 14.3 Å². The molecular weight excluding hydrogens is 428 g/mol. The third kappa shape index (κ3) is 4.20. The summed E-state index contributed by atoms with van der Waals surface area (Å²) in [6.07, 6.45) is 3.46. The Kier molecular flexibility index (Phi) is 5.91. The van der Waals surface area contributed by atoms with Gasteiger partial charge in [-0.1, -0.05) is 24.3 Å². The summed E-state index contributed by atoms with van der Waals surface area (Å²) >= 11 is 0. The Bertz CT molecular complexity index is 1350. The molecule has 7 heteroatoms. The van der Waals surface area contributed by atoms with Crippen molar-refractivity contribution in [1.82, 2.24) is 19.8 Å². The van der Waals surface area contributed by atoms with Crippen molar-refractivity contribution in [3.05, 3.63) is 90.3 Å². The van der Waals surface area contributed by atoms with Gasteiger partial charge in [0, 0.05) is 55.1 Å². The molecule has 0 aliphatic carbocycles. The molecule has 0 atom stereocenters. The number of hydrogen-bond acceptors (Lipinski definition) is 5. The fourth-order valence-electron chi connectivity index (χ4n) is 4.24. The third-order valence-electron chi connectivity index (χ3n) is 6.07. The average molecular weight is 453 g/mol. The number of aromatic nitrogens is 2. The monoisotopic (exact) mass is 452 g/mol. The molecule has 1 saturated heterocycles. The van der Waals surface area contributed by atoms with Crippen molar-refractivity contribution in [2.45, 2.75) is 0 Å². The highest BCUT2D eigenvalue weighted by Gasteiger charge is 2.27.